The maximum atomic E-state index is 6.32. The number of fused-ring (bicyclic) bond motifs is 2. The van der Waals surface area contributed by atoms with Gasteiger partial charge >= 0.3 is 0 Å². The van der Waals surface area contributed by atoms with Crippen molar-refractivity contribution in [3.8, 4) is 0 Å². The van der Waals surface area contributed by atoms with Gasteiger partial charge in [-0.15, -0.1) is 0 Å². The third-order valence-electron chi connectivity index (χ3n) is 3.65. The van der Waals surface area contributed by atoms with Crippen LogP contribution in [-0.2, 0) is 6.42 Å². The number of rotatable bonds is 2. The largest absolute Gasteiger partial charge is 0.374 e. The Morgan fingerprint density at radius 3 is 3.15 bits per heavy atom. The van der Waals surface area contributed by atoms with Crippen LogP contribution in [0.15, 0.2) is 30.5 Å². The second-order valence-corrected chi connectivity index (χ2v) is 5.77. The number of hydrogen-bond acceptors (Lipinski definition) is 5. The van der Waals surface area contributed by atoms with E-state index in [9.17, 15) is 0 Å². The van der Waals surface area contributed by atoms with Crippen LogP contribution in [0, 0.1) is 0 Å². The highest BCUT2D eigenvalue weighted by atomic mass is 35.5. The lowest BCUT2D eigenvalue weighted by Crippen LogP contribution is -2.09. The monoisotopic (exact) mass is 302 g/mol. The first kappa shape index (κ1) is 12.1. The summed E-state index contributed by atoms with van der Waals surface area (Å²) in [7, 11) is 0. The highest BCUT2D eigenvalue weighted by Crippen LogP contribution is 2.37. The van der Waals surface area contributed by atoms with Crippen molar-refractivity contribution in [3.63, 3.8) is 0 Å². The lowest BCUT2D eigenvalue weighted by molar-refractivity contribution is 0.747. The smallest absolute Gasteiger partial charge is 0.129 e. The van der Waals surface area contributed by atoms with Crippen LogP contribution < -0.4 is 5.32 Å². The second-order valence-electron chi connectivity index (χ2n) is 4.84. The maximum Gasteiger partial charge on any atom is 0.129 e. The summed E-state index contributed by atoms with van der Waals surface area (Å²) < 4.78 is 8.60. The van der Waals surface area contributed by atoms with Crippen molar-refractivity contribution in [2.24, 2.45) is 0 Å². The molecule has 4 rings (SSSR count). The quantitative estimate of drug-likeness (QED) is 0.781. The molecular weight excluding hydrogens is 292 g/mol. The van der Waals surface area contributed by atoms with Crippen LogP contribution in [0.1, 0.15) is 23.7 Å². The average Bonchev–Trinajstić information content (AvgIpc) is 3.09. The van der Waals surface area contributed by atoms with Gasteiger partial charge in [0.05, 0.1) is 34.2 Å². The Hall–Kier alpha value is -1.72. The molecule has 2 aromatic heterocycles. The first-order valence-corrected chi connectivity index (χ1v) is 7.55. The molecule has 0 spiro atoms. The van der Waals surface area contributed by atoms with E-state index < -0.39 is 0 Å². The minimum atomic E-state index is 0.191. The van der Waals surface area contributed by atoms with Crippen LogP contribution in [0.2, 0.25) is 5.02 Å². The lowest BCUT2D eigenvalue weighted by atomic mass is 10.2. The summed E-state index contributed by atoms with van der Waals surface area (Å²) in [6.45, 7) is 0. The molecule has 3 aromatic rings. The molecule has 100 valence electrons. The van der Waals surface area contributed by atoms with Crippen LogP contribution in [0.5, 0.6) is 0 Å². The van der Waals surface area contributed by atoms with Gasteiger partial charge in [-0.05, 0) is 36.6 Å². The fourth-order valence-corrected chi connectivity index (χ4v) is 3.44. The van der Waals surface area contributed by atoms with Crippen LogP contribution in [0.4, 0.5) is 5.69 Å². The summed E-state index contributed by atoms with van der Waals surface area (Å²) >= 11 is 7.52. The summed E-state index contributed by atoms with van der Waals surface area (Å²) in [4.78, 5) is 4.50. The van der Waals surface area contributed by atoms with Gasteiger partial charge in [0.1, 0.15) is 11.0 Å². The zero-order chi connectivity index (χ0) is 13.5. The van der Waals surface area contributed by atoms with E-state index in [1.165, 1.54) is 17.3 Å². The van der Waals surface area contributed by atoms with Gasteiger partial charge in [-0.25, -0.2) is 0 Å². The van der Waals surface area contributed by atoms with Gasteiger partial charge in [-0.2, -0.15) is 8.75 Å². The Labute approximate surface area is 125 Å². The number of anilines is 1. The van der Waals surface area contributed by atoms with Gasteiger partial charge < -0.3 is 5.32 Å². The Bertz CT molecular complexity index is 786. The molecular formula is C14H11ClN4S. The van der Waals surface area contributed by atoms with Crippen LogP contribution >= 0.6 is 23.3 Å². The molecule has 1 unspecified atom stereocenters. The van der Waals surface area contributed by atoms with Gasteiger partial charge in [0.25, 0.3) is 0 Å². The Balaban J connectivity index is 1.76. The Morgan fingerprint density at radius 2 is 2.20 bits per heavy atom. The molecule has 0 amide bonds. The number of benzene rings is 1. The average molecular weight is 303 g/mol. The number of aryl methyl sites for hydroxylation is 1. The van der Waals surface area contributed by atoms with Crippen molar-refractivity contribution in [2.75, 3.05) is 5.32 Å². The standard InChI is InChI=1S/C14H11ClN4S/c15-9-4-6-11-14(19-20-18-11)13(9)17-10-5-3-8-2-1-7-16-12(8)10/h1-2,4,6-7,10,17H,3,5H2. The van der Waals surface area contributed by atoms with Gasteiger partial charge in [0.15, 0.2) is 0 Å². The van der Waals surface area contributed by atoms with Gasteiger partial charge in [-0.1, -0.05) is 17.7 Å². The third-order valence-corrected chi connectivity index (χ3v) is 4.51. The van der Waals surface area contributed by atoms with Crippen molar-refractivity contribution in [1.29, 1.82) is 0 Å². The van der Waals surface area contributed by atoms with Crippen LogP contribution in [0.25, 0.3) is 11.0 Å². The molecule has 2 heterocycles. The van der Waals surface area contributed by atoms with Crippen molar-refractivity contribution in [2.45, 2.75) is 18.9 Å². The number of nitrogens with one attached hydrogen (secondary N) is 1. The van der Waals surface area contributed by atoms with E-state index in [-0.39, 0.29) is 6.04 Å². The summed E-state index contributed by atoms with van der Waals surface area (Å²) in [6, 6.07) is 8.07. The lowest BCUT2D eigenvalue weighted by Gasteiger charge is -2.16. The maximum absolute atomic E-state index is 6.32. The molecule has 0 saturated heterocycles. The summed E-state index contributed by atoms with van der Waals surface area (Å²) in [6.07, 6.45) is 3.91. The molecule has 0 aliphatic heterocycles. The molecule has 1 N–H and O–H groups in total. The van der Waals surface area contributed by atoms with Gasteiger partial charge in [0, 0.05) is 6.20 Å². The SMILES string of the molecule is Clc1ccc2nsnc2c1NC1CCc2cccnc21. The Kier molecular flexibility index (Phi) is 2.82. The number of halogens is 1. The molecule has 4 nitrogen and oxygen atoms in total. The van der Waals surface area contributed by atoms with E-state index in [1.807, 2.05) is 24.4 Å². The number of aromatic nitrogens is 3. The van der Waals surface area contributed by atoms with E-state index in [0.29, 0.717) is 5.02 Å². The zero-order valence-electron chi connectivity index (χ0n) is 10.5. The van der Waals surface area contributed by atoms with Crippen LogP contribution in [0.3, 0.4) is 0 Å². The number of nitrogens with zero attached hydrogens (tertiary/aromatic N) is 3. The fourth-order valence-electron chi connectivity index (χ4n) is 2.69. The fraction of sp³-hybridized carbons (Fsp3) is 0.214. The van der Waals surface area contributed by atoms with E-state index in [1.54, 1.807) is 0 Å². The highest BCUT2D eigenvalue weighted by Gasteiger charge is 2.25. The second kappa shape index (κ2) is 4.68. The Morgan fingerprint density at radius 1 is 1.25 bits per heavy atom. The normalized spacial score (nSPS) is 17.4. The number of hydrogen-bond donors (Lipinski definition) is 1. The van der Waals surface area contributed by atoms with Crippen LogP contribution in [-0.4, -0.2) is 13.7 Å². The van der Waals surface area contributed by atoms with Crippen molar-refractivity contribution in [1.82, 2.24) is 13.7 Å². The molecule has 0 bridgehead atoms. The molecule has 0 saturated carbocycles. The minimum absolute atomic E-state index is 0.191. The number of pyridine rings is 1. The van der Waals surface area contributed by atoms with E-state index in [0.717, 1.165) is 35.3 Å². The summed E-state index contributed by atoms with van der Waals surface area (Å²) in [5.41, 5.74) is 5.00. The molecule has 1 aliphatic carbocycles. The highest BCUT2D eigenvalue weighted by molar-refractivity contribution is 7.00. The molecule has 0 radical (unpaired) electrons. The minimum Gasteiger partial charge on any atom is -0.374 e. The molecule has 0 fully saturated rings. The molecule has 20 heavy (non-hydrogen) atoms. The van der Waals surface area contributed by atoms with Crippen molar-refractivity contribution >= 4 is 40.0 Å². The zero-order valence-corrected chi connectivity index (χ0v) is 12.1. The topological polar surface area (TPSA) is 50.7 Å². The van der Waals surface area contributed by atoms with Gasteiger partial charge in [-0.3, -0.25) is 4.98 Å². The molecule has 1 atom stereocenters. The predicted molar refractivity (Wildman–Crippen MR) is 81.3 cm³/mol. The first-order chi connectivity index (χ1) is 9.83. The summed E-state index contributed by atoms with van der Waals surface area (Å²) in [5.74, 6) is 0. The predicted octanol–water partition coefficient (Wildman–Crippen LogP) is 3.84. The molecule has 1 aromatic carbocycles. The first-order valence-electron chi connectivity index (χ1n) is 6.44. The third kappa shape index (κ3) is 1.85. The van der Waals surface area contributed by atoms with E-state index in [2.05, 4.69) is 25.1 Å². The van der Waals surface area contributed by atoms with E-state index >= 15 is 0 Å². The van der Waals surface area contributed by atoms with Gasteiger partial charge in [0.2, 0.25) is 0 Å². The van der Waals surface area contributed by atoms with E-state index in [4.69, 9.17) is 11.6 Å². The molecule has 6 heteroatoms. The van der Waals surface area contributed by atoms with Crippen molar-refractivity contribution in [3.05, 3.63) is 46.7 Å². The van der Waals surface area contributed by atoms with Crippen molar-refractivity contribution < 1.29 is 0 Å². The molecule has 1 aliphatic rings. The summed E-state index contributed by atoms with van der Waals surface area (Å²) in [5, 5.41) is 4.18.